The maximum absolute atomic E-state index is 13.0. The van der Waals surface area contributed by atoms with Crippen LogP contribution in [0.5, 0.6) is 0 Å². The number of hydrogen-bond acceptors (Lipinski definition) is 1. The Balaban J connectivity index is 2.13. The molecule has 0 bridgehead atoms. The maximum atomic E-state index is 13.0. The molecule has 18 heavy (non-hydrogen) atoms. The summed E-state index contributed by atoms with van der Waals surface area (Å²) in [5.41, 5.74) is 1.33. The zero-order valence-corrected chi connectivity index (χ0v) is 10.7. The van der Waals surface area contributed by atoms with Crippen LogP contribution in [0.15, 0.2) is 36.4 Å². The van der Waals surface area contributed by atoms with Crippen LogP contribution in [0.2, 0.25) is 10.0 Å². The zero-order chi connectivity index (χ0) is 13.1. The quantitative estimate of drug-likeness (QED) is 0.848. The van der Waals surface area contributed by atoms with Gasteiger partial charge in [-0.05, 0) is 29.8 Å². The summed E-state index contributed by atoms with van der Waals surface area (Å²) >= 11 is 11.8. The fourth-order valence-electron chi connectivity index (χ4n) is 1.50. The van der Waals surface area contributed by atoms with Crippen LogP contribution in [-0.4, -0.2) is 0 Å². The van der Waals surface area contributed by atoms with Gasteiger partial charge in [0.05, 0.1) is 15.7 Å². The lowest BCUT2D eigenvalue weighted by atomic mass is 10.2. The summed E-state index contributed by atoms with van der Waals surface area (Å²) in [5.74, 6) is -0.783. The zero-order valence-electron chi connectivity index (χ0n) is 9.18. The Labute approximate surface area is 113 Å². The van der Waals surface area contributed by atoms with Crippen molar-refractivity contribution in [1.82, 2.24) is 0 Å². The Morgan fingerprint density at radius 1 is 0.889 bits per heavy atom. The molecule has 0 fully saturated rings. The lowest BCUT2D eigenvalue weighted by molar-refractivity contribution is 0.626. The van der Waals surface area contributed by atoms with E-state index in [0.29, 0.717) is 12.2 Å². The first-order valence-electron chi connectivity index (χ1n) is 5.19. The average molecular weight is 288 g/mol. The van der Waals surface area contributed by atoms with Gasteiger partial charge in [0.2, 0.25) is 0 Å². The highest BCUT2D eigenvalue weighted by atomic mass is 35.5. The third-order valence-electron chi connectivity index (χ3n) is 2.39. The van der Waals surface area contributed by atoms with E-state index in [4.69, 9.17) is 23.2 Å². The summed E-state index contributed by atoms with van der Waals surface area (Å²) in [6.45, 7) is 0.422. The molecule has 0 aromatic heterocycles. The molecule has 0 saturated heterocycles. The van der Waals surface area contributed by atoms with Crippen molar-refractivity contribution in [3.05, 3.63) is 63.6 Å². The van der Waals surface area contributed by atoms with Crippen molar-refractivity contribution >= 4 is 28.9 Å². The van der Waals surface area contributed by atoms with Gasteiger partial charge in [-0.25, -0.2) is 8.78 Å². The predicted molar refractivity (Wildman–Crippen MR) is 70.1 cm³/mol. The molecule has 2 rings (SSSR count). The van der Waals surface area contributed by atoms with E-state index in [1.807, 2.05) is 0 Å². The molecule has 0 aliphatic carbocycles. The van der Waals surface area contributed by atoms with Gasteiger partial charge >= 0.3 is 0 Å². The summed E-state index contributed by atoms with van der Waals surface area (Å²) in [4.78, 5) is 0. The van der Waals surface area contributed by atoms with E-state index < -0.39 is 5.82 Å². The lowest BCUT2D eigenvalue weighted by Crippen LogP contribution is -2.01. The molecule has 0 radical (unpaired) electrons. The number of hydrogen-bond donors (Lipinski definition) is 1. The minimum atomic E-state index is -0.489. The molecule has 2 aromatic rings. The molecule has 1 nitrogen and oxygen atoms in total. The molecule has 94 valence electrons. The minimum Gasteiger partial charge on any atom is -0.379 e. The SMILES string of the molecule is Fc1ccc(CNc2c(Cl)cc(F)cc2Cl)cc1. The molecule has 0 amide bonds. The highest BCUT2D eigenvalue weighted by Gasteiger charge is 2.08. The van der Waals surface area contributed by atoms with Gasteiger partial charge in [0.25, 0.3) is 0 Å². The van der Waals surface area contributed by atoms with Crippen LogP contribution in [0.4, 0.5) is 14.5 Å². The van der Waals surface area contributed by atoms with Gasteiger partial charge in [0, 0.05) is 6.54 Å². The predicted octanol–water partition coefficient (Wildman–Crippen LogP) is 4.88. The molecular formula is C13H9Cl2F2N. The van der Waals surface area contributed by atoms with Gasteiger partial charge in [-0.3, -0.25) is 0 Å². The monoisotopic (exact) mass is 287 g/mol. The van der Waals surface area contributed by atoms with Crippen LogP contribution in [0.3, 0.4) is 0 Å². The van der Waals surface area contributed by atoms with Gasteiger partial charge < -0.3 is 5.32 Å². The van der Waals surface area contributed by atoms with Crippen molar-refractivity contribution in [1.29, 1.82) is 0 Å². The van der Waals surface area contributed by atoms with Crippen molar-refractivity contribution in [3.8, 4) is 0 Å². The van der Waals surface area contributed by atoms with Crippen molar-refractivity contribution in [2.45, 2.75) is 6.54 Å². The fraction of sp³-hybridized carbons (Fsp3) is 0.0769. The van der Waals surface area contributed by atoms with E-state index in [0.717, 1.165) is 5.56 Å². The third-order valence-corrected chi connectivity index (χ3v) is 2.99. The summed E-state index contributed by atoms with van der Waals surface area (Å²) in [5, 5.41) is 3.41. The van der Waals surface area contributed by atoms with E-state index in [9.17, 15) is 8.78 Å². The van der Waals surface area contributed by atoms with E-state index in [-0.39, 0.29) is 15.9 Å². The molecule has 0 aliphatic heterocycles. The standard InChI is InChI=1S/C13H9Cl2F2N/c14-11-5-10(17)6-12(15)13(11)18-7-8-1-3-9(16)4-2-8/h1-6,18H,7H2. The molecule has 1 N–H and O–H groups in total. The smallest absolute Gasteiger partial charge is 0.126 e. The normalized spacial score (nSPS) is 10.4. The highest BCUT2D eigenvalue weighted by molar-refractivity contribution is 6.39. The number of anilines is 1. The van der Waals surface area contributed by atoms with Crippen LogP contribution >= 0.6 is 23.2 Å². The molecule has 0 aliphatic rings. The molecule has 2 aromatic carbocycles. The summed E-state index contributed by atoms with van der Waals surface area (Å²) in [6, 6.07) is 8.39. The molecule has 0 saturated carbocycles. The molecular weight excluding hydrogens is 279 g/mol. The molecule has 0 atom stereocenters. The van der Waals surface area contributed by atoms with Gasteiger partial charge in [0.15, 0.2) is 0 Å². The van der Waals surface area contributed by atoms with Crippen LogP contribution in [0, 0.1) is 11.6 Å². The van der Waals surface area contributed by atoms with Crippen molar-refractivity contribution in [2.75, 3.05) is 5.32 Å². The Hall–Kier alpha value is -1.32. The Bertz CT molecular complexity index is 532. The van der Waals surface area contributed by atoms with Gasteiger partial charge in [0.1, 0.15) is 11.6 Å². The summed E-state index contributed by atoms with van der Waals surface area (Å²) in [7, 11) is 0. The summed E-state index contributed by atoms with van der Waals surface area (Å²) in [6.07, 6.45) is 0. The van der Waals surface area contributed by atoms with Crippen molar-refractivity contribution in [2.24, 2.45) is 0 Å². The Morgan fingerprint density at radius 2 is 1.44 bits per heavy atom. The number of halogens is 4. The molecule has 0 spiro atoms. The first-order valence-corrected chi connectivity index (χ1v) is 5.95. The first-order chi connectivity index (χ1) is 8.56. The second-order valence-corrected chi connectivity index (χ2v) is 4.54. The highest BCUT2D eigenvalue weighted by Crippen LogP contribution is 2.31. The van der Waals surface area contributed by atoms with Gasteiger partial charge in [-0.1, -0.05) is 35.3 Å². The second-order valence-electron chi connectivity index (χ2n) is 3.72. The van der Waals surface area contributed by atoms with Crippen molar-refractivity contribution in [3.63, 3.8) is 0 Å². The fourth-order valence-corrected chi connectivity index (χ4v) is 2.10. The first kappa shape index (κ1) is 13.1. The Kier molecular flexibility index (Phi) is 4.04. The Morgan fingerprint density at radius 3 is 2.00 bits per heavy atom. The number of rotatable bonds is 3. The van der Waals surface area contributed by atoms with Crippen molar-refractivity contribution < 1.29 is 8.78 Å². The van der Waals surface area contributed by atoms with E-state index in [1.54, 1.807) is 12.1 Å². The second kappa shape index (κ2) is 5.55. The number of benzene rings is 2. The van der Waals surface area contributed by atoms with Crippen LogP contribution in [-0.2, 0) is 6.54 Å². The summed E-state index contributed by atoms with van der Waals surface area (Å²) < 4.78 is 25.7. The van der Waals surface area contributed by atoms with E-state index >= 15 is 0 Å². The van der Waals surface area contributed by atoms with Crippen LogP contribution in [0.25, 0.3) is 0 Å². The largest absolute Gasteiger partial charge is 0.379 e. The van der Waals surface area contributed by atoms with E-state index in [1.165, 1.54) is 24.3 Å². The minimum absolute atomic E-state index is 0.210. The van der Waals surface area contributed by atoms with Crippen LogP contribution < -0.4 is 5.32 Å². The lowest BCUT2D eigenvalue weighted by Gasteiger charge is -2.10. The third kappa shape index (κ3) is 3.12. The number of nitrogens with one attached hydrogen (secondary N) is 1. The molecule has 0 heterocycles. The maximum Gasteiger partial charge on any atom is 0.126 e. The van der Waals surface area contributed by atoms with E-state index in [2.05, 4.69) is 5.32 Å². The van der Waals surface area contributed by atoms with Gasteiger partial charge in [-0.15, -0.1) is 0 Å². The molecule has 5 heteroatoms. The van der Waals surface area contributed by atoms with Gasteiger partial charge in [-0.2, -0.15) is 0 Å². The molecule has 0 unspecified atom stereocenters. The average Bonchev–Trinajstić information content (AvgIpc) is 2.30. The topological polar surface area (TPSA) is 12.0 Å². The van der Waals surface area contributed by atoms with Crippen LogP contribution in [0.1, 0.15) is 5.56 Å².